The second kappa shape index (κ2) is 7.25. The first-order chi connectivity index (χ1) is 11.7. The predicted molar refractivity (Wildman–Crippen MR) is 90.9 cm³/mol. The number of amides is 1. The van der Waals surface area contributed by atoms with Gasteiger partial charge in [-0.2, -0.15) is 0 Å². The van der Waals surface area contributed by atoms with Crippen molar-refractivity contribution in [3.63, 3.8) is 0 Å². The van der Waals surface area contributed by atoms with Gasteiger partial charge in [-0.15, -0.1) is 0 Å². The van der Waals surface area contributed by atoms with Crippen molar-refractivity contribution in [1.29, 1.82) is 0 Å². The van der Waals surface area contributed by atoms with Crippen LogP contribution in [-0.2, 0) is 0 Å². The Morgan fingerprint density at radius 3 is 2.54 bits per heavy atom. The van der Waals surface area contributed by atoms with E-state index in [0.29, 0.717) is 36.9 Å². The summed E-state index contributed by atoms with van der Waals surface area (Å²) < 4.78 is 16.4. The summed E-state index contributed by atoms with van der Waals surface area (Å²) in [4.78, 5) is 12.5. The topological polar surface area (TPSA) is 56.8 Å². The summed E-state index contributed by atoms with van der Waals surface area (Å²) in [7, 11) is 0. The maximum absolute atomic E-state index is 12.5. The Kier molecular flexibility index (Phi) is 4.89. The number of fused-ring (bicyclic) bond motifs is 1. The van der Waals surface area contributed by atoms with E-state index in [1.165, 1.54) is 0 Å². The first-order valence-corrected chi connectivity index (χ1v) is 8.10. The molecule has 1 atom stereocenters. The second-order valence-corrected chi connectivity index (χ2v) is 5.56. The van der Waals surface area contributed by atoms with E-state index < -0.39 is 0 Å². The highest BCUT2D eigenvalue weighted by atomic mass is 16.6. The molecule has 0 saturated carbocycles. The van der Waals surface area contributed by atoms with Crippen LogP contribution in [0, 0.1) is 0 Å². The summed E-state index contributed by atoms with van der Waals surface area (Å²) in [5.41, 5.74) is 1.57. The molecule has 3 rings (SSSR count). The molecule has 0 unspecified atom stereocenters. The van der Waals surface area contributed by atoms with Gasteiger partial charge in [0.1, 0.15) is 19.0 Å². The van der Waals surface area contributed by atoms with Crippen LogP contribution < -0.4 is 19.5 Å². The van der Waals surface area contributed by atoms with E-state index in [0.717, 1.165) is 11.3 Å². The van der Waals surface area contributed by atoms with Crippen LogP contribution in [0.2, 0.25) is 0 Å². The van der Waals surface area contributed by atoms with Gasteiger partial charge in [0.2, 0.25) is 0 Å². The van der Waals surface area contributed by atoms with Crippen LogP contribution in [0.25, 0.3) is 0 Å². The summed E-state index contributed by atoms with van der Waals surface area (Å²) in [5, 5.41) is 2.99. The third kappa shape index (κ3) is 3.62. The lowest BCUT2D eigenvalue weighted by molar-refractivity contribution is 0.0938. The third-order valence-corrected chi connectivity index (χ3v) is 3.84. The van der Waals surface area contributed by atoms with E-state index in [9.17, 15) is 4.79 Å². The lowest BCUT2D eigenvalue weighted by Gasteiger charge is -2.19. The molecule has 0 radical (unpaired) electrons. The number of carbonyl (C=O) groups excluding carboxylic acids is 1. The minimum atomic E-state index is -0.145. The number of ether oxygens (including phenoxy) is 3. The van der Waals surface area contributed by atoms with E-state index in [4.69, 9.17) is 14.2 Å². The molecule has 126 valence electrons. The Morgan fingerprint density at radius 2 is 1.83 bits per heavy atom. The molecular formula is C19H21NO4. The fraction of sp³-hybridized carbons (Fsp3) is 0.316. The Morgan fingerprint density at radius 1 is 1.12 bits per heavy atom. The standard InChI is InChI=1S/C19H21NO4/c1-3-22-16-7-4-14(5-8-16)13(2)20-19(21)15-6-9-17-18(12-15)24-11-10-23-17/h4-9,12-13H,3,10-11H2,1-2H3,(H,20,21)/t13-/m1/s1. The van der Waals surface area contributed by atoms with Crippen molar-refractivity contribution >= 4 is 5.91 Å². The highest BCUT2D eigenvalue weighted by Crippen LogP contribution is 2.30. The normalized spacial score (nSPS) is 13.9. The van der Waals surface area contributed by atoms with Gasteiger partial charge in [-0.05, 0) is 49.7 Å². The van der Waals surface area contributed by atoms with Gasteiger partial charge in [0.05, 0.1) is 12.6 Å². The number of benzene rings is 2. The average molecular weight is 327 g/mol. The maximum atomic E-state index is 12.5. The van der Waals surface area contributed by atoms with Crippen LogP contribution in [0.3, 0.4) is 0 Å². The van der Waals surface area contributed by atoms with Crippen molar-refractivity contribution in [2.24, 2.45) is 0 Å². The molecule has 2 aromatic rings. The smallest absolute Gasteiger partial charge is 0.251 e. The monoisotopic (exact) mass is 327 g/mol. The largest absolute Gasteiger partial charge is 0.494 e. The van der Waals surface area contributed by atoms with E-state index in [1.54, 1.807) is 18.2 Å². The van der Waals surface area contributed by atoms with Crippen LogP contribution in [0.15, 0.2) is 42.5 Å². The number of hydrogen-bond acceptors (Lipinski definition) is 4. The quantitative estimate of drug-likeness (QED) is 0.915. The van der Waals surface area contributed by atoms with Crippen molar-refractivity contribution in [1.82, 2.24) is 5.32 Å². The number of hydrogen-bond donors (Lipinski definition) is 1. The Bertz CT molecular complexity index is 712. The highest BCUT2D eigenvalue weighted by molar-refractivity contribution is 5.95. The summed E-state index contributed by atoms with van der Waals surface area (Å²) in [6.45, 7) is 5.57. The lowest BCUT2D eigenvalue weighted by Crippen LogP contribution is -2.27. The Hall–Kier alpha value is -2.69. The molecule has 1 N–H and O–H groups in total. The molecule has 0 aliphatic carbocycles. The van der Waals surface area contributed by atoms with Crippen LogP contribution in [0.5, 0.6) is 17.2 Å². The minimum Gasteiger partial charge on any atom is -0.494 e. The van der Waals surface area contributed by atoms with Crippen molar-refractivity contribution < 1.29 is 19.0 Å². The Balaban J connectivity index is 1.67. The molecular weight excluding hydrogens is 306 g/mol. The third-order valence-electron chi connectivity index (χ3n) is 3.84. The van der Waals surface area contributed by atoms with E-state index in [-0.39, 0.29) is 11.9 Å². The fourth-order valence-corrected chi connectivity index (χ4v) is 2.57. The minimum absolute atomic E-state index is 0.110. The predicted octanol–water partition coefficient (Wildman–Crippen LogP) is 3.35. The molecule has 1 amide bonds. The summed E-state index contributed by atoms with van der Waals surface area (Å²) >= 11 is 0. The van der Waals surface area contributed by atoms with E-state index in [2.05, 4.69) is 5.32 Å². The van der Waals surface area contributed by atoms with Gasteiger partial charge in [0, 0.05) is 5.56 Å². The van der Waals surface area contributed by atoms with Gasteiger partial charge < -0.3 is 19.5 Å². The van der Waals surface area contributed by atoms with E-state index >= 15 is 0 Å². The molecule has 5 heteroatoms. The first-order valence-electron chi connectivity index (χ1n) is 8.10. The van der Waals surface area contributed by atoms with E-state index in [1.807, 2.05) is 38.1 Å². The zero-order chi connectivity index (χ0) is 16.9. The molecule has 1 aliphatic rings. The highest BCUT2D eigenvalue weighted by Gasteiger charge is 2.16. The average Bonchev–Trinajstić information content (AvgIpc) is 2.62. The first kappa shape index (κ1) is 16.2. The molecule has 1 heterocycles. The van der Waals surface area contributed by atoms with Gasteiger partial charge in [-0.1, -0.05) is 12.1 Å². The maximum Gasteiger partial charge on any atom is 0.251 e. The number of nitrogens with one attached hydrogen (secondary N) is 1. The summed E-state index contributed by atoms with van der Waals surface area (Å²) in [5.74, 6) is 1.97. The fourth-order valence-electron chi connectivity index (χ4n) is 2.57. The molecule has 5 nitrogen and oxygen atoms in total. The molecule has 1 aliphatic heterocycles. The van der Waals surface area contributed by atoms with Crippen LogP contribution in [-0.4, -0.2) is 25.7 Å². The zero-order valence-electron chi connectivity index (χ0n) is 13.9. The van der Waals surface area contributed by atoms with Crippen molar-refractivity contribution in [2.75, 3.05) is 19.8 Å². The van der Waals surface area contributed by atoms with Crippen molar-refractivity contribution in [3.05, 3.63) is 53.6 Å². The van der Waals surface area contributed by atoms with Gasteiger partial charge in [0.15, 0.2) is 11.5 Å². The molecule has 2 aromatic carbocycles. The lowest BCUT2D eigenvalue weighted by atomic mass is 10.1. The van der Waals surface area contributed by atoms with Crippen LogP contribution in [0.1, 0.15) is 35.8 Å². The summed E-state index contributed by atoms with van der Waals surface area (Å²) in [6.07, 6.45) is 0. The zero-order valence-corrected chi connectivity index (χ0v) is 13.9. The Labute approximate surface area is 141 Å². The van der Waals surface area contributed by atoms with Gasteiger partial charge in [-0.25, -0.2) is 0 Å². The molecule has 24 heavy (non-hydrogen) atoms. The molecule has 0 bridgehead atoms. The van der Waals surface area contributed by atoms with Gasteiger partial charge in [0.25, 0.3) is 5.91 Å². The van der Waals surface area contributed by atoms with Crippen molar-refractivity contribution in [2.45, 2.75) is 19.9 Å². The van der Waals surface area contributed by atoms with Gasteiger partial charge in [-0.3, -0.25) is 4.79 Å². The second-order valence-electron chi connectivity index (χ2n) is 5.56. The van der Waals surface area contributed by atoms with Gasteiger partial charge >= 0.3 is 0 Å². The molecule has 0 fully saturated rings. The molecule has 0 aromatic heterocycles. The van der Waals surface area contributed by atoms with Crippen LogP contribution in [0.4, 0.5) is 0 Å². The molecule has 0 saturated heterocycles. The number of rotatable bonds is 5. The SMILES string of the molecule is CCOc1ccc([C@@H](C)NC(=O)c2ccc3c(c2)OCCO3)cc1. The van der Waals surface area contributed by atoms with Crippen molar-refractivity contribution in [3.8, 4) is 17.2 Å². The summed E-state index contributed by atoms with van der Waals surface area (Å²) in [6, 6.07) is 12.9. The molecule has 0 spiro atoms. The van der Waals surface area contributed by atoms with Crippen LogP contribution >= 0.6 is 0 Å². The number of carbonyl (C=O) groups is 1.